The SMILES string of the molecule is CC(C)=CC(O)c1snnc1C. The van der Waals surface area contributed by atoms with Crippen LogP contribution in [0.3, 0.4) is 0 Å². The Kier molecular flexibility index (Phi) is 2.94. The molecule has 0 spiro atoms. The van der Waals surface area contributed by atoms with Crippen LogP contribution in [0.2, 0.25) is 0 Å². The highest BCUT2D eigenvalue weighted by Crippen LogP contribution is 2.21. The molecule has 0 aromatic carbocycles. The van der Waals surface area contributed by atoms with Crippen LogP contribution in [-0.4, -0.2) is 14.7 Å². The van der Waals surface area contributed by atoms with E-state index in [0.29, 0.717) is 0 Å². The van der Waals surface area contributed by atoms with Gasteiger partial charge in [-0.25, -0.2) is 0 Å². The van der Waals surface area contributed by atoms with Gasteiger partial charge in [0.1, 0.15) is 6.10 Å². The van der Waals surface area contributed by atoms with Crippen LogP contribution in [0.25, 0.3) is 0 Å². The summed E-state index contributed by atoms with van der Waals surface area (Å²) in [5, 5.41) is 13.4. The van der Waals surface area contributed by atoms with Gasteiger partial charge < -0.3 is 5.11 Å². The van der Waals surface area contributed by atoms with Crippen LogP contribution in [0.1, 0.15) is 30.5 Å². The monoisotopic (exact) mass is 184 g/mol. The molecule has 1 unspecified atom stereocenters. The third-order valence-corrected chi connectivity index (χ3v) is 2.34. The van der Waals surface area contributed by atoms with E-state index in [0.717, 1.165) is 16.1 Å². The van der Waals surface area contributed by atoms with Gasteiger partial charge in [0.2, 0.25) is 0 Å². The number of aliphatic hydroxyl groups excluding tert-OH is 1. The smallest absolute Gasteiger partial charge is 0.110 e. The van der Waals surface area contributed by atoms with Crippen LogP contribution < -0.4 is 0 Å². The average molecular weight is 184 g/mol. The number of aromatic nitrogens is 2. The van der Waals surface area contributed by atoms with Gasteiger partial charge in [0.15, 0.2) is 0 Å². The van der Waals surface area contributed by atoms with Crippen molar-refractivity contribution >= 4 is 11.5 Å². The number of aryl methyl sites for hydroxylation is 1. The summed E-state index contributed by atoms with van der Waals surface area (Å²) in [6, 6.07) is 0. The third-order valence-electron chi connectivity index (χ3n) is 1.45. The number of hydrogen-bond donors (Lipinski definition) is 1. The number of rotatable bonds is 2. The predicted molar refractivity (Wildman–Crippen MR) is 49.0 cm³/mol. The zero-order chi connectivity index (χ0) is 9.14. The van der Waals surface area contributed by atoms with E-state index in [9.17, 15) is 5.11 Å². The van der Waals surface area contributed by atoms with Gasteiger partial charge in [-0.3, -0.25) is 0 Å². The maximum Gasteiger partial charge on any atom is 0.110 e. The van der Waals surface area contributed by atoms with Crippen molar-refractivity contribution in [1.29, 1.82) is 0 Å². The predicted octanol–water partition coefficient (Wildman–Crippen LogP) is 1.85. The minimum Gasteiger partial charge on any atom is -0.383 e. The quantitative estimate of drug-likeness (QED) is 0.713. The highest BCUT2D eigenvalue weighted by Gasteiger charge is 2.10. The number of allylic oxidation sites excluding steroid dienone is 1. The van der Waals surface area contributed by atoms with E-state index >= 15 is 0 Å². The average Bonchev–Trinajstić information content (AvgIpc) is 2.33. The maximum atomic E-state index is 9.61. The van der Waals surface area contributed by atoms with Crippen LogP contribution in [0.5, 0.6) is 0 Å². The summed E-state index contributed by atoms with van der Waals surface area (Å²) < 4.78 is 3.75. The lowest BCUT2D eigenvalue weighted by Crippen LogP contribution is -1.92. The molecule has 1 atom stereocenters. The molecule has 12 heavy (non-hydrogen) atoms. The fraction of sp³-hybridized carbons (Fsp3) is 0.500. The van der Waals surface area contributed by atoms with Gasteiger partial charge in [0.05, 0.1) is 10.6 Å². The molecular weight excluding hydrogens is 172 g/mol. The topological polar surface area (TPSA) is 46.0 Å². The van der Waals surface area contributed by atoms with Crippen LogP contribution in [0.4, 0.5) is 0 Å². The van der Waals surface area contributed by atoms with Gasteiger partial charge in [-0.05, 0) is 32.3 Å². The van der Waals surface area contributed by atoms with Crippen molar-refractivity contribution in [3.05, 3.63) is 22.2 Å². The molecule has 1 rings (SSSR count). The summed E-state index contributed by atoms with van der Waals surface area (Å²) in [4.78, 5) is 0.830. The molecule has 0 aliphatic heterocycles. The van der Waals surface area contributed by atoms with Crippen molar-refractivity contribution < 1.29 is 5.11 Å². The molecule has 0 saturated heterocycles. The second kappa shape index (κ2) is 3.78. The van der Waals surface area contributed by atoms with Gasteiger partial charge in [-0.2, -0.15) is 0 Å². The zero-order valence-corrected chi connectivity index (χ0v) is 8.22. The molecule has 1 N–H and O–H groups in total. The van der Waals surface area contributed by atoms with Crippen molar-refractivity contribution in [1.82, 2.24) is 9.59 Å². The molecule has 1 aromatic rings. The van der Waals surface area contributed by atoms with E-state index in [2.05, 4.69) is 9.59 Å². The Balaban J connectivity index is 2.85. The lowest BCUT2D eigenvalue weighted by atomic mass is 10.2. The van der Waals surface area contributed by atoms with E-state index in [1.807, 2.05) is 20.8 Å². The van der Waals surface area contributed by atoms with Crippen molar-refractivity contribution in [2.24, 2.45) is 0 Å². The third kappa shape index (κ3) is 2.12. The minimum absolute atomic E-state index is 0.546. The standard InChI is InChI=1S/C8H12N2OS/c1-5(2)4-7(11)8-6(3)9-10-12-8/h4,7,11H,1-3H3. The van der Waals surface area contributed by atoms with E-state index in [1.54, 1.807) is 6.08 Å². The van der Waals surface area contributed by atoms with E-state index in [1.165, 1.54) is 11.5 Å². The molecule has 0 radical (unpaired) electrons. The van der Waals surface area contributed by atoms with Crippen LogP contribution in [0.15, 0.2) is 11.6 Å². The largest absolute Gasteiger partial charge is 0.383 e. The Morgan fingerprint density at radius 2 is 2.25 bits per heavy atom. The normalized spacial score (nSPS) is 12.7. The van der Waals surface area contributed by atoms with Gasteiger partial charge >= 0.3 is 0 Å². The van der Waals surface area contributed by atoms with Gasteiger partial charge in [-0.15, -0.1) is 5.10 Å². The molecule has 0 aliphatic carbocycles. The molecular formula is C8H12N2OS. The lowest BCUT2D eigenvalue weighted by molar-refractivity contribution is 0.230. The van der Waals surface area contributed by atoms with Gasteiger partial charge in [0.25, 0.3) is 0 Å². The first-order valence-corrected chi connectivity index (χ1v) is 4.50. The van der Waals surface area contributed by atoms with E-state index < -0.39 is 6.10 Å². The summed E-state index contributed by atoms with van der Waals surface area (Å²) >= 11 is 1.24. The van der Waals surface area contributed by atoms with Crippen molar-refractivity contribution in [2.45, 2.75) is 26.9 Å². The van der Waals surface area contributed by atoms with Crippen LogP contribution >= 0.6 is 11.5 Å². The van der Waals surface area contributed by atoms with Crippen molar-refractivity contribution in [2.75, 3.05) is 0 Å². The Morgan fingerprint density at radius 1 is 1.58 bits per heavy atom. The second-order valence-electron chi connectivity index (χ2n) is 2.91. The van der Waals surface area contributed by atoms with Gasteiger partial charge in [0, 0.05) is 0 Å². The molecule has 0 aliphatic rings. The zero-order valence-electron chi connectivity index (χ0n) is 7.40. The summed E-state index contributed by atoms with van der Waals surface area (Å²) in [7, 11) is 0. The Bertz CT molecular complexity index is 289. The minimum atomic E-state index is -0.546. The fourth-order valence-electron chi connectivity index (χ4n) is 0.900. The number of aliphatic hydroxyl groups is 1. The molecule has 66 valence electrons. The number of nitrogens with zero attached hydrogens (tertiary/aromatic N) is 2. The van der Waals surface area contributed by atoms with Gasteiger partial charge in [-0.1, -0.05) is 16.1 Å². The number of hydrogen-bond acceptors (Lipinski definition) is 4. The summed E-state index contributed by atoms with van der Waals surface area (Å²) in [6.45, 7) is 5.75. The van der Waals surface area contributed by atoms with E-state index in [4.69, 9.17) is 0 Å². The summed E-state index contributed by atoms with van der Waals surface area (Å²) in [5.41, 5.74) is 1.90. The molecule has 0 fully saturated rings. The molecule has 0 amide bonds. The lowest BCUT2D eigenvalue weighted by Gasteiger charge is -2.02. The van der Waals surface area contributed by atoms with Crippen molar-refractivity contribution in [3.8, 4) is 0 Å². The Hall–Kier alpha value is -0.740. The molecule has 4 heteroatoms. The molecule has 1 heterocycles. The molecule has 1 aromatic heterocycles. The first kappa shape index (κ1) is 9.35. The fourth-order valence-corrected chi connectivity index (χ4v) is 1.50. The van der Waals surface area contributed by atoms with Crippen LogP contribution in [-0.2, 0) is 0 Å². The highest BCUT2D eigenvalue weighted by atomic mass is 32.1. The highest BCUT2D eigenvalue weighted by molar-refractivity contribution is 7.05. The first-order chi connectivity index (χ1) is 5.61. The Morgan fingerprint density at radius 3 is 2.67 bits per heavy atom. The molecule has 3 nitrogen and oxygen atoms in total. The Labute approximate surface area is 75.9 Å². The van der Waals surface area contributed by atoms with Crippen LogP contribution in [0, 0.1) is 6.92 Å². The molecule has 0 saturated carbocycles. The second-order valence-corrected chi connectivity index (χ2v) is 3.70. The maximum absolute atomic E-state index is 9.61. The first-order valence-electron chi connectivity index (χ1n) is 3.73. The summed E-state index contributed by atoms with van der Waals surface area (Å²) in [6.07, 6.45) is 1.25. The van der Waals surface area contributed by atoms with Crippen molar-refractivity contribution in [3.63, 3.8) is 0 Å². The summed E-state index contributed by atoms with van der Waals surface area (Å²) in [5.74, 6) is 0. The molecule has 0 bridgehead atoms. The van der Waals surface area contributed by atoms with E-state index in [-0.39, 0.29) is 0 Å².